The van der Waals surface area contributed by atoms with Gasteiger partial charge in [-0.2, -0.15) is 0 Å². The first-order chi connectivity index (χ1) is 9.83. The van der Waals surface area contributed by atoms with Gasteiger partial charge < -0.3 is 5.32 Å². The Labute approximate surface area is 119 Å². The van der Waals surface area contributed by atoms with Gasteiger partial charge in [-0.15, -0.1) is 0 Å². The first-order valence-electron chi connectivity index (χ1n) is 6.95. The molecule has 0 spiro atoms. The molecule has 1 atom stereocenters. The molecule has 1 aromatic heterocycles. The van der Waals surface area contributed by atoms with E-state index in [1.165, 1.54) is 16.3 Å². The van der Waals surface area contributed by atoms with Crippen molar-refractivity contribution >= 4 is 10.8 Å². The summed E-state index contributed by atoms with van der Waals surface area (Å²) in [6, 6.07) is 21.4. The van der Waals surface area contributed by atoms with Crippen molar-refractivity contribution in [2.45, 2.75) is 19.5 Å². The number of rotatable bonds is 4. The van der Waals surface area contributed by atoms with Crippen LogP contribution in [-0.2, 0) is 6.54 Å². The van der Waals surface area contributed by atoms with Gasteiger partial charge in [0.15, 0.2) is 0 Å². The molecule has 1 N–H and O–H groups in total. The van der Waals surface area contributed by atoms with Gasteiger partial charge >= 0.3 is 0 Å². The topological polar surface area (TPSA) is 24.9 Å². The van der Waals surface area contributed by atoms with E-state index in [1.807, 2.05) is 24.4 Å². The summed E-state index contributed by atoms with van der Waals surface area (Å²) >= 11 is 0. The van der Waals surface area contributed by atoms with Gasteiger partial charge in [0.2, 0.25) is 0 Å². The smallest absolute Gasteiger partial charge is 0.0541 e. The Morgan fingerprint density at radius 3 is 2.55 bits per heavy atom. The van der Waals surface area contributed by atoms with Crippen LogP contribution in [-0.4, -0.2) is 4.98 Å². The lowest BCUT2D eigenvalue weighted by atomic mass is 10.0. The quantitative estimate of drug-likeness (QED) is 0.766. The lowest BCUT2D eigenvalue weighted by Gasteiger charge is -2.14. The molecule has 2 aromatic carbocycles. The number of fused-ring (bicyclic) bond motifs is 1. The standard InChI is InChI=1S/C18H18N2/c1-14(20-13-18-8-4-5-11-19-18)16-10-9-15-6-2-3-7-17(15)12-16/h2-12,14,20H,13H2,1H3. The molecule has 0 aliphatic rings. The second-order valence-corrected chi connectivity index (χ2v) is 5.03. The van der Waals surface area contributed by atoms with Crippen molar-refractivity contribution in [2.75, 3.05) is 0 Å². The van der Waals surface area contributed by atoms with Gasteiger partial charge in [0, 0.05) is 18.8 Å². The molecule has 0 aliphatic heterocycles. The summed E-state index contributed by atoms with van der Waals surface area (Å²) in [5.74, 6) is 0. The zero-order valence-electron chi connectivity index (χ0n) is 11.6. The van der Waals surface area contributed by atoms with Gasteiger partial charge in [0.25, 0.3) is 0 Å². The molecule has 2 nitrogen and oxygen atoms in total. The van der Waals surface area contributed by atoms with Crippen LogP contribution >= 0.6 is 0 Å². The number of benzene rings is 2. The van der Waals surface area contributed by atoms with E-state index in [0.29, 0.717) is 6.04 Å². The van der Waals surface area contributed by atoms with Crippen molar-refractivity contribution in [1.29, 1.82) is 0 Å². The zero-order valence-corrected chi connectivity index (χ0v) is 11.6. The van der Waals surface area contributed by atoms with Gasteiger partial charge in [-0.3, -0.25) is 4.98 Å². The molecule has 0 fully saturated rings. The molecule has 0 radical (unpaired) electrons. The third kappa shape index (κ3) is 2.86. The molecular weight excluding hydrogens is 244 g/mol. The van der Waals surface area contributed by atoms with Crippen LogP contribution in [0.2, 0.25) is 0 Å². The Bertz CT molecular complexity index is 692. The number of hydrogen-bond donors (Lipinski definition) is 1. The van der Waals surface area contributed by atoms with Crippen LogP contribution in [0, 0.1) is 0 Å². The molecule has 1 heterocycles. The van der Waals surface area contributed by atoms with Crippen LogP contribution < -0.4 is 5.32 Å². The molecule has 3 rings (SSSR count). The molecule has 2 heteroatoms. The predicted molar refractivity (Wildman–Crippen MR) is 83.4 cm³/mol. The van der Waals surface area contributed by atoms with Crippen LogP contribution in [0.25, 0.3) is 10.8 Å². The molecule has 3 aromatic rings. The van der Waals surface area contributed by atoms with E-state index < -0.39 is 0 Å². The van der Waals surface area contributed by atoms with E-state index >= 15 is 0 Å². The first kappa shape index (κ1) is 12.8. The third-order valence-corrected chi connectivity index (χ3v) is 3.59. The molecule has 0 bridgehead atoms. The van der Waals surface area contributed by atoms with E-state index in [9.17, 15) is 0 Å². The highest BCUT2D eigenvalue weighted by Crippen LogP contribution is 2.20. The Hall–Kier alpha value is -2.19. The fourth-order valence-electron chi connectivity index (χ4n) is 2.36. The highest BCUT2D eigenvalue weighted by atomic mass is 14.9. The summed E-state index contributed by atoms with van der Waals surface area (Å²) in [6.45, 7) is 2.97. The van der Waals surface area contributed by atoms with Crippen molar-refractivity contribution in [3.05, 3.63) is 78.1 Å². The van der Waals surface area contributed by atoms with Crippen LogP contribution in [0.4, 0.5) is 0 Å². The maximum absolute atomic E-state index is 4.33. The summed E-state index contributed by atoms with van der Waals surface area (Å²) in [6.07, 6.45) is 1.83. The number of pyridine rings is 1. The molecule has 0 aliphatic carbocycles. The Morgan fingerprint density at radius 2 is 1.75 bits per heavy atom. The summed E-state index contributed by atoms with van der Waals surface area (Å²) in [5.41, 5.74) is 2.37. The fraction of sp³-hybridized carbons (Fsp3) is 0.167. The number of nitrogens with one attached hydrogen (secondary N) is 1. The van der Waals surface area contributed by atoms with E-state index in [0.717, 1.165) is 12.2 Å². The van der Waals surface area contributed by atoms with Gasteiger partial charge in [-0.05, 0) is 41.5 Å². The molecule has 0 saturated carbocycles. The van der Waals surface area contributed by atoms with Crippen LogP contribution in [0.5, 0.6) is 0 Å². The number of nitrogens with zero attached hydrogens (tertiary/aromatic N) is 1. The minimum Gasteiger partial charge on any atom is -0.305 e. The van der Waals surface area contributed by atoms with Crippen molar-refractivity contribution in [2.24, 2.45) is 0 Å². The van der Waals surface area contributed by atoms with Crippen LogP contribution in [0.3, 0.4) is 0 Å². The van der Waals surface area contributed by atoms with Crippen LogP contribution in [0.15, 0.2) is 66.9 Å². The van der Waals surface area contributed by atoms with Gasteiger partial charge in [0.05, 0.1) is 5.69 Å². The van der Waals surface area contributed by atoms with E-state index in [2.05, 4.69) is 59.7 Å². The van der Waals surface area contributed by atoms with Crippen molar-refractivity contribution in [1.82, 2.24) is 10.3 Å². The molecule has 100 valence electrons. The van der Waals surface area contributed by atoms with Gasteiger partial charge in [0.1, 0.15) is 0 Å². The van der Waals surface area contributed by atoms with E-state index in [4.69, 9.17) is 0 Å². The first-order valence-corrected chi connectivity index (χ1v) is 6.95. The van der Waals surface area contributed by atoms with E-state index in [1.54, 1.807) is 0 Å². The highest BCUT2D eigenvalue weighted by Gasteiger charge is 2.05. The average molecular weight is 262 g/mol. The molecule has 0 amide bonds. The van der Waals surface area contributed by atoms with Gasteiger partial charge in [-0.1, -0.05) is 42.5 Å². The van der Waals surface area contributed by atoms with Crippen molar-refractivity contribution in [3.63, 3.8) is 0 Å². The van der Waals surface area contributed by atoms with E-state index in [-0.39, 0.29) is 0 Å². The summed E-state index contributed by atoms with van der Waals surface area (Å²) in [7, 11) is 0. The predicted octanol–water partition coefficient (Wildman–Crippen LogP) is 4.09. The Kier molecular flexibility index (Phi) is 3.75. The number of hydrogen-bond acceptors (Lipinski definition) is 2. The highest BCUT2D eigenvalue weighted by molar-refractivity contribution is 5.83. The van der Waals surface area contributed by atoms with Crippen molar-refractivity contribution in [3.8, 4) is 0 Å². The minimum atomic E-state index is 0.307. The largest absolute Gasteiger partial charge is 0.305 e. The third-order valence-electron chi connectivity index (χ3n) is 3.59. The van der Waals surface area contributed by atoms with Crippen molar-refractivity contribution < 1.29 is 0 Å². The summed E-state index contributed by atoms with van der Waals surface area (Å²) < 4.78 is 0. The Balaban J connectivity index is 1.73. The normalized spacial score (nSPS) is 12.4. The summed E-state index contributed by atoms with van der Waals surface area (Å²) in [5, 5.41) is 6.09. The zero-order chi connectivity index (χ0) is 13.8. The second-order valence-electron chi connectivity index (χ2n) is 5.03. The minimum absolute atomic E-state index is 0.307. The molecular formula is C18H18N2. The number of aromatic nitrogens is 1. The lowest BCUT2D eigenvalue weighted by molar-refractivity contribution is 0.568. The average Bonchev–Trinajstić information content (AvgIpc) is 2.53. The van der Waals surface area contributed by atoms with Crippen LogP contribution in [0.1, 0.15) is 24.2 Å². The van der Waals surface area contributed by atoms with Gasteiger partial charge in [-0.25, -0.2) is 0 Å². The fourth-order valence-corrected chi connectivity index (χ4v) is 2.36. The maximum atomic E-state index is 4.33. The maximum Gasteiger partial charge on any atom is 0.0541 e. The Morgan fingerprint density at radius 1 is 0.950 bits per heavy atom. The summed E-state index contributed by atoms with van der Waals surface area (Å²) in [4.78, 5) is 4.33. The molecule has 20 heavy (non-hydrogen) atoms. The second kappa shape index (κ2) is 5.85. The molecule has 1 unspecified atom stereocenters. The lowest BCUT2D eigenvalue weighted by Crippen LogP contribution is -2.18. The monoisotopic (exact) mass is 262 g/mol. The molecule has 0 saturated heterocycles. The SMILES string of the molecule is CC(NCc1ccccn1)c1ccc2ccccc2c1.